The topological polar surface area (TPSA) is 51.0 Å². The molecule has 1 aromatic rings. The van der Waals surface area contributed by atoms with Gasteiger partial charge in [0.2, 0.25) is 0 Å². The molecule has 13 heavy (non-hydrogen) atoms. The van der Waals surface area contributed by atoms with Crippen LogP contribution in [0.5, 0.6) is 0 Å². The van der Waals surface area contributed by atoms with Crippen LogP contribution in [0.3, 0.4) is 0 Å². The molecule has 1 aromatic heterocycles. The van der Waals surface area contributed by atoms with Gasteiger partial charge < -0.3 is 15.5 Å². The number of aromatic amines is 1. The van der Waals surface area contributed by atoms with Crippen molar-refractivity contribution in [2.75, 3.05) is 13.7 Å². The molecule has 3 N–H and O–H groups in total. The summed E-state index contributed by atoms with van der Waals surface area (Å²) in [6.07, 6.45) is 0. The molecule has 1 atom stereocenters. The number of aryl methyl sites for hydroxylation is 2. The van der Waals surface area contributed by atoms with Crippen LogP contribution in [0.2, 0.25) is 0 Å². The fraction of sp³-hybridized carbons (Fsp3) is 0.600. The van der Waals surface area contributed by atoms with Crippen LogP contribution in [-0.4, -0.2) is 18.6 Å². The van der Waals surface area contributed by atoms with E-state index in [0.29, 0.717) is 6.54 Å². The maximum absolute atomic E-state index is 5.69. The van der Waals surface area contributed by atoms with Gasteiger partial charge in [0.15, 0.2) is 0 Å². The number of ether oxygens (including phenoxy) is 1. The van der Waals surface area contributed by atoms with Crippen molar-refractivity contribution in [3.05, 3.63) is 23.0 Å². The van der Waals surface area contributed by atoms with E-state index in [1.54, 1.807) is 7.11 Å². The predicted molar refractivity (Wildman–Crippen MR) is 53.7 cm³/mol. The summed E-state index contributed by atoms with van der Waals surface area (Å²) in [5.74, 6) is 0. The lowest BCUT2D eigenvalue weighted by molar-refractivity contribution is 0.00966. The fourth-order valence-corrected chi connectivity index (χ4v) is 1.58. The molecule has 0 bridgehead atoms. The van der Waals surface area contributed by atoms with Gasteiger partial charge in [-0.05, 0) is 26.8 Å². The number of H-pyrrole nitrogens is 1. The Labute approximate surface area is 79.3 Å². The van der Waals surface area contributed by atoms with Crippen LogP contribution >= 0.6 is 0 Å². The van der Waals surface area contributed by atoms with Gasteiger partial charge in [0, 0.05) is 30.6 Å². The van der Waals surface area contributed by atoms with Crippen LogP contribution in [-0.2, 0) is 10.3 Å². The second-order valence-electron chi connectivity index (χ2n) is 3.63. The molecule has 0 aliphatic carbocycles. The van der Waals surface area contributed by atoms with Gasteiger partial charge in [-0.3, -0.25) is 0 Å². The van der Waals surface area contributed by atoms with Gasteiger partial charge in [-0.1, -0.05) is 0 Å². The van der Waals surface area contributed by atoms with Crippen molar-refractivity contribution >= 4 is 0 Å². The monoisotopic (exact) mass is 182 g/mol. The average Bonchev–Trinajstić information content (AvgIpc) is 2.44. The van der Waals surface area contributed by atoms with Gasteiger partial charge in [-0.15, -0.1) is 0 Å². The smallest absolute Gasteiger partial charge is 0.104 e. The standard InChI is InChI=1S/C10H18N2O/c1-7-5-9(8(2)12-7)10(3,6-11)13-4/h5,12H,6,11H2,1-4H3. The lowest BCUT2D eigenvalue weighted by Crippen LogP contribution is -2.33. The fourth-order valence-electron chi connectivity index (χ4n) is 1.58. The van der Waals surface area contributed by atoms with Gasteiger partial charge in [-0.25, -0.2) is 0 Å². The van der Waals surface area contributed by atoms with Crippen molar-refractivity contribution in [3.8, 4) is 0 Å². The first-order chi connectivity index (χ1) is 6.03. The highest BCUT2D eigenvalue weighted by atomic mass is 16.5. The quantitative estimate of drug-likeness (QED) is 0.743. The van der Waals surface area contributed by atoms with Crippen LogP contribution in [0.4, 0.5) is 0 Å². The number of nitrogens with two attached hydrogens (primary N) is 1. The third-order valence-electron chi connectivity index (χ3n) is 2.56. The van der Waals surface area contributed by atoms with E-state index in [9.17, 15) is 0 Å². The number of aromatic nitrogens is 1. The SMILES string of the molecule is COC(C)(CN)c1cc(C)[nH]c1C. The summed E-state index contributed by atoms with van der Waals surface area (Å²) in [6.45, 7) is 6.56. The van der Waals surface area contributed by atoms with Crippen molar-refractivity contribution in [2.45, 2.75) is 26.4 Å². The lowest BCUT2D eigenvalue weighted by Gasteiger charge is -2.26. The van der Waals surface area contributed by atoms with Crippen molar-refractivity contribution < 1.29 is 4.74 Å². The molecule has 0 radical (unpaired) electrons. The summed E-state index contributed by atoms with van der Waals surface area (Å²) in [6, 6.07) is 2.09. The maximum atomic E-state index is 5.69. The van der Waals surface area contributed by atoms with E-state index < -0.39 is 0 Å². The zero-order valence-electron chi connectivity index (χ0n) is 8.77. The van der Waals surface area contributed by atoms with Crippen LogP contribution in [0.1, 0.15) is 23.9 Å². The molecule has 0 aliphatic rings. The first kappa shape index (κ1) is 10.3. The number of rotatable bonds is 3. The zero-order valence-corrected chi connectivity index (χ0v) is 8.77. The van der Waals surface area contributed by atoms with Crippen molar-refractivity contribution in [1.82, 2.24) is 4.98 Å². The second kappa shape index (κ2) is 3.52. The van der Waals surface area contributed by atoms with E-state index in [0.717, 1.165) is 17.0 Å². The Morgan fingerprint density at radius 3 is 2.46 bits per heavy atom. The molecule has 0 saturated carbocycles. The second-order valence-corrected chi connectivity index (χ2v) is 3.63. The summed E-state index contributed by atoms with van der Waals surface area (Å²) in [4.78, 5) is 3.25. The summed E-state index contributed by atoms with van der Waals surface area (Å²) < 4.78 is 5.42. The molecule has 1 rings (SSSR count). The number of hydrogen-bond acceptors (Lipinski definition) is 2. The highest BCUT2D eigenvalue weighted by molar-refractivity contribution is 5.30. The molecule has 0 amide bonds. The van der Waals surface area contributed by atoms with Crippen molar-refractivity contribution in [2.24, 2.45) is 5.73 Å². The molecule has 0 spiro atoms. The highest BCUT2D eigenvalue weighted by Crippen LogP contribution is 2.26. The summed E-state index contributed by atoms with van der Waals surface area (Å²) >= 11 is 0. The maximum Gasteiger partial charge on any atom is 0.104 e. The van der Waals surface area contributed by atoms with Gasteiger partial charge in [0.1, 0.15) is 5.60 Å². The Kier molecular flexibility index (Phi) is 2.78. The molecule has 1 heterocycles. The van der Waals surface area contributed by atoms with Gasteiger partial charge in [0.05, 0.1) is 0 Å². The van der Waals surface area contributed by atoms with Gasteiger partial charge >= 0.3 is 0 Å². The predicted octanol–water partition coefficient (Wildman–Crippen LogP) is 1.45. The Bertz CT molecular complexity index is 287. The van der Waals surface area contributed by atoms with E-state index in [4.69, 9.17) is 10.5 Å². The third kappa shape index (κ3) is 1.76. The largest absolute Gasteiger partial charge is 0.372 e. The average molecular weight is 182 g/mol. The Morgan fingerprint density at radius 2 is 2.15 bits per heavy atom. The zero-order chi connectivity index (χ0) is 10.1. The molecule has 0 saturated heterocycles. The normalized spacial score (nSPS) is 15.8. The minimum atomic E-state index is -0.366. The number of hydrogen-bond donors (Lipinski definition) is 2. The molecule has 3 nitrogen and oxygen atoms in total. The Balaban J connectivity index is 3.11. The van der Waals surface area contributed by atoms with E-state index in [1.165, 1.54) is 0 Å². The molecular weight excluding hydrogens is 164 g/mol. The molecule has 1 unspecified atom stereocenters. The van der Waals surface area contributed by atoms with Crippen molar-refractivity contribution in [1.29, 1.82) is 0 Å². The van der Waals surface area contributed by atoms with Crippen LogP contribution in [0.15, 0.2) is 6.07 Å². The Morgan fingerprint density at radius 1 is 1.54 bits per heavy atom. The van der Waals surface area contributed by atoms with Crippen LogP contribution in [0, 0.1) is 13.8 Å². The Hall–Kier alpha value is -0.800. The number of methoxy groups -OCH3 is 1. The van der Waals surface area contributed by atoms with E-state index in [2.05, 4.69) is 11.1 Å². The highest BCUT2D eigenvalue weighted by Gasteiger charge is 2.27. The molecule has 3 heteroatoms. The minimum absolute atomic E-state index is 0.366. The van der Waals surface area contributed by atoms with Crippen molar-refractivity contribution in [3.63, 3.8) is 0 Å². The summed E-state index contributed by atoms with van der Waals surface area (Å²) in [7, 11) is 1.69. The molecular formula is C10H18N2O. The van der Waals surface area contributed by atoms with E-state index >= 15 is 0 Å². The molecule has 0 aromatic carbocycles. The molecule has 74 valence electrons. The van der Waals surface area contributed by atoms with Gasteiger partial charge in [-0.2, -0.15) is 0 Å². The van der Waals surface area contributed by atoms with Crippen LogP contribution < -0.4 is 5.73 Å². The number of nitrogens with one attached hydrogen (secondary N) is 1. The first-order valence-electron chi connectivity index (χ1n) is 4.45. The lowest BCUT2D eigenvalue weighted by atomic mass is 9.96. The molecule has 0 fully saturated rings. The van der Waals surface area contributed by atoms with Crippen LogP contribution in [0.25, 0.3) is 0 Å². The van der Waals surface area contributed by atoms with E-state index in [-0.39, 0.29) is 5.60 Å². The van der Waals surface area contributed by atoms with Gasteiger partial charge in [0.25, 0.3) is 0 Å². The summed E-state index contributed by atoms with van der Waals surface area (Å²) in [5, 5.41) is 0. The first-order valence-corrected chi connectivity index (χ1v) is 4.45. The van der Waals surface area contributed by atoms with E-state index in [1.807, 2.05) is 20.8 Å². The summed E-state index contributed by atoms with van der Waals surface area (Å²) in [5.41, 5.74) is 8.75. The molecule has 0 aliphatic heterocycles. The minimum Gasteiger partial charge on any atom is -0.372 e. The third-order valence-corrected chi connectivity index (χ3v) is 2.56.